The van der Waals surface area contributed by atoms with Crippen LogP contribution in [0.2, 0.25) is 0 Å². The number of nitrogens with zero attached hydrogens (tertiary/aromatic N) is 2. The lowest BCUT2D eigenvalue weighted by molar-refractivity contribution is 0.101. The van der Waals surface area contributed by atoms with Crippen molar-refractivity contribution in [2.75, 3.05) is 32.6 Å². The smallest absolute Gasteiger partial charge is 0.272 e. The van der Waals surface area contributed by atoms with Crippen molar-refractivity contribution < 1.29 is 26.4 Å². The molecule has 170 valence electrons. The van der Waals surface area contributed by atoms with Crippen LogP contribution in [0.5, 0.6) is 5.75 Å². The Balaban J connectivity index is 1.91. The van der Waals surface area contributed by atoms with E-state index in [0.29, 0.717) is 13.1 Å². The molecule has 1 amide bonds. The van der Waals surface area contributed by atoms with Gasteiger partial charge in [0.15, 0.2) is 0 Å². The maximum Gasteiger partial charge on any atom is 0.272 e. The number of hydrogen-bond donors (Lipinski definition) is 2. The van der Waals surface area contributed by atoms with E-state index in [9.17, 15) is 21.6 Å². The Morgan fingerprint density at radius 3 is 2.35 bits per heavy atom. The van der Waals surface area contributed by atoms with Gasteiger partial charge in [-0.3, -0.25) is 4.79 Å². The number of nitrogens with one attached hydrogen (secondary N) is 2. The normalized spacial score (nSPS) is 15.6. The molecule has 3 rings (SSSR count). The summed E-state index contributed by atoms with van der Waals surface area (Å²) in [4.78, 5) is 12.7. The second-order valence-corrected chi connectivity index (χ2v) is 11.0. The van der Waals surface area contributed by atoms with Gasteiger partial charge < -0.3 is 14.6 Å². The molecule has 2 aromatic rings. The Morgan fingerprint density at radius 1 is 1.06 bits per heavy atom. The number of hydrogen-bond acceptors (Lipinski definition) is 6. The Morgan fingerprint density at radius 2 is 1.74 bits per heavy atom. The first-order chi connectivity index (χ1) is 14.6. The summed E-state index contributed by atoms with van der Waals surface area (Å²) in [7, 11) is -3.28. The molecule has 1 aliphatic heterocycles. The molecule has 1 aliphatic rings. The Bertz CT molecular complexity index is 1180. The van der Waals surface area contributed by atoms with E-state index in [-0.39, 0.29) is 26.9 Å². The Hall–Kier alpha value is -2.41. The van der Waals surface area contributed by atoms with Gasteiger partial charge in [0.25, 0.3) is 5.91 Å². The monoisotopic (exact) mass is 470 g/mol. The van der Waals surface area contributed by atoms with Crippen molar-refractivity contribution in [3.63, 3.8) is 0 Å². The number of aromatic nitrogens is 1. The van der Waals surface area contributed by atoms with Gasteiger partial charge in [0.05, 0.1) is 7.11 Å². The Kier molecular flexibility index (Phi) is 6.74. The molecule has 0 spiro atoms. The molecular weight excluding hydrogens is 444 g/mol. The SMILES string of the molecule is CNS(=O)(=O)c1cc(C(=O)Nc2ccc(OC)c(S(=O)(=O)N3CCCCC3)c2)n(C)c1. The zero-order valence-electron chi connectivity index (χ0n) is 17.6. The molecule has 0 atom stereocenters. The van der Waals surface area contributed by atoms with Crippen LogP contribution in [0.4, 0.5) is 5.69 Å². The highest BCUT2D eigenvalue weighted by molar-refractivity contribution is 7.89. The zero-order valence-corrected chi connectivity index (χ0v) is 19.2. The van der Waals surface area contributed by atoms with Gasteiger partial charge in [-0.1, -0.05) is 6.42 Å². The number of benzene rings is 1. The van der Waals surface area contributed by atoms with E-state index in [0.717, 1.165) is 19.3 Å². The summed E-state index contributed by atoms with van der Waals surface area (Å²) in [6, 6.07) is 5.61. The minimum atomic E-state index is -3.79. The number of aryl methyl sites for hydroxylation is 1. The van der Waals surface area contributed by atoms with E-state index in [1.54, 1.807) is 7.05 Å². The van der Waals surface area contributed by atoms with Crippen LogP contribution in [0.1, 0.15) is 29.8 Å². The van der Waals surface area contributed by atoms with E-state index in [4.69, 9.17) is 4.74 Å². The number of ether oxygens (including phenoxy) is 1. The molecule has 0 bridgehead atoms. The molecule has 1 aromatic heterocycles. The number of carbonyl (C=O) groups is 1. The number of piperidine rings is 1. The van der Waals surface area contributed by atoms with Crippen LogP contribution in [0.3, 0.4) is 0 Å². The summed E-state index contributed by atoms with van der Waals surface area (Å²) in [5.41, 5.74) is 0.352. The van der Waals surface area contributed by atoms with Crippen LogP contribution in [-0.4, -0.2) is 58.9 Å². The fourth-order valence-electron chi connectivity index (χ4n) is 3.42. The Labute approximate surface area is 182 Å². The minimum absolute atomic E-state index is 0.0277. The molecule has 12 heteroatoms. The van der Waals surface area contributed by atoms with Crippen LogP contribution in [0.25, 0.3) is 0 Å². The number of carbonyl (C=O) groups excluding carboxylic acids is 1. The first kappa shape index (κ1) is 23.3. The number of methoxy groups -OCH3 is 1. The number of rotatable bonds is 7. The van der Waals surface area contributed by atoms with E-state index < -0.39 is 26.0 Å². The third kappa shape index (κ3) is 4.76. The second-order valence-electron chi connectivity index (χ2n) is 7.16. The fourth-order valence-corrected chi connectivity index (χ4v) is 5.92. The average Bonchev–Trinajstić information content (AvgIpc) is 3.17. The highest BCUT2D eigenvalue weighted by Gasteiger charge is 2.29. The summed E-state index contributed by atoms with van der Waals surface area (Å²) in [5, 5.41) is 2.64. The summed E-state index contributed by atoms with van der Waals surface area (Å²) < 4.78 is 60.5. The van der Waals surface area contributed by atoms with Gasteiger partial charge >= 0.3 is 0 Å². The van der Waals surface area contributed by atoms with Gasteiger partial charge in [0.1, 0.15) is 21.2 Å². The maximum absolute atomic E-state index is 13.1. The lowest BCUT2D eigenvalue weighted by Crippen LogP contribution is -2.35. The zero-order chi connectivity index (χ0) is 22.8. The minimum Gasteiger partial charge on any atom is -0.495 e. The van der Waals surface area contributed by atoms with Crippen molar-refractivity contribution >= 4 is 31.6 Å². The lowest BCUT2D eigenvalue weighted by atomic mass is 10.2. The van der Waals surface area contributed by atoms with E-state index >= 15 is 0 Å². The van der Waals surface area contributed by atoms with Gasteiger partial charge in [0.2, 0.25) is 20.0 Å². The molecule has 2 heterocycles. The number of anilines is 1. The van der Waals surface area contributed by atoms with Crippen LogP contribution in [0, 0.1) is 0 Å². The lowest BCUT2D eigenvalue weighted by Gasteiger charge is -2.26. The van der Waals surface area contributed by atoms with Gasteiger partial charge in [-0.2, -0.15) is 4.31 Å². The van der Waals surface area contributed by atoms with Crippen molar-refractivity contribution in [3.8, 4) is 5.75 Å². The molecule has 1 saturated heterocycles. The quantitative estimate of drug-likeness (QED) is 0.629. The van der Waals surface area contributed by atoms with Gasteiger partial charge in [-0.05, 0) is 44.2 Å². The predicted octanol–water partition coefficient (Wildman–Crippen LogP) is 1.37. The fraction of sp³-hybridized carbons (Fsp3) is 0.421. The molecule has 1 aromatic carbocycles. The maximum atomic E-state index is 13.1. The van der Waals surface area contributed by atoms with Crippen LogP contribution >= 0.6 is 0 Å². The molecule has 1 fully saturated rings. The molecular formula is C19H26N4O6S2. The first-order valence-electron chi connectivity index (χ1n) is 9.69. The third-order valence-corrected chi connectivity index (χ3v) is 8.45. The van der Waals surface area contributed by atoms with Crippen molar-refractivity contribution in [3.05, 3.63) is 36.2 Å². The molecule has 31 heavy (non-hydrogen) atoms. The molecule has 0 saturated carbocycles. The highest BCUT2D eigenvalue weighted by Crippen LogP contribution is 2.31. The molecule has 10 nitrogen and oxygen atoms in total. The number of amides is 1. The standard InChI is InChI=1S/C19H26N4O6S2/c1-20-30(25,26)15-12-16(22(2)13-15)19(24)21-14-7-8-17(29-3)18(11-14)31(27,28)23-9-5-4-6-10-23/h7-8,11-13,20H,4-6,9-10H2,1-3H3,(H,21,24). The van der Waals surface area contributed by atoms with Crippen molar-refractivity contribution in [2.45, 2.75) is 29.1 Å². The average molecular weight is 471 g/mol. The summed E-state index contributed by atoms with van der Waals surface area (Å²) in [5.74, 6) is -0.392. The number of sulfonamides is 2. The van der Waals surface area contributed by atoms with E-state index in [2.05, 4.69) is 10.0 Å². The summed E-state index contributed by atoms with van der Waals surface area (Å²) in [6.07, 6.45) is 3.90. The van der Waals surface area contributed by atoms with E-state index in [1.165, 1.54) is 53.5 Å². The molecule has 2 N–H and O–H groups in total. The molecule has 0 radical (unpaired) electrons. The van der Waals surface area contributed by atoms with Gasteiger partial charge in [-0.25, -0.2) is 21.6 Å². The van der Waals surface area contributed by atoms with Crippen LogP contribution in [-0.2, 0) is 27.1 Å². The van der Waals surface area contributed by atoms with Crippen LogP contribution in [0.15, 0.2) is 40.3 Å². The summed E-state index contributed by atoms with van der Waals surface area (Å²) in [6.45, 7) is 0.877. The van der Waals surface area contributed by atoms with Crippen LogP contribution < -0.4 is 14.8 Å². The van der Waals surface area contributed by atoms with Crippen molar-refractivity contribution in [2.24, 2.45) is 7.05 Å². The van der Waals surface area contributed by atoms with Gasteiger partial charge in [0, 0.05) is 32.0 Å². The largest absolute Gasteiger partial charge is 0.495 e. The molecule has 0 unspecified atom stereocenters. The van der Waals surface area contributed by atoms with Crippen molar-refractivity contribution in [1.29, 1.82) is 0 Å². The van der Waals surface area contributed by atoms with Crippen molar-refractivity contribution in [1.82, 2.24) is 13.6 Å². The predicted molar refractivity (Wildman–Crippen MR) is 115 cm³/mol. The highest BCUT2D eigenvalue weighted by atomic mass is 32.2. The summed E-state index contributed by atoms with van der Waals surface area (Å²) >= 11 is 0. The van der Waals surface area contributed by atoms with E-state index in [1.807, 2.05) is 0 Å². The third-order valence-electron chi connectivity index (χ3n) is 5.15. The molecule has 0 aliphatic carbocycles. The van der Waals surface area contributed by atoms with Gasteiger partial charge in [-0.15, -0.1) is 0 Å². The topological polar surface area (TPSA) is 127 Å². The first-order valence-corrected chi connectivity index (χ1v) is 12.6. The second kappa shape index (κ2) is 8.99.